The molecular formula is C18H25F3N2O3. The van der Waals surface area contributed by atoms with E-state index in [0.29, 0.717) is 0 Å². The molecule has 0 aromatic rings. The first kappa shape index (κ1) is 20.5. The third-order valence-electron chi connectivity index (χ3n) is 4.74. The summed E-state index contributed by atoms with van der Waals surface area (Å²) in [6.45, 7) is 8.57. The molecule has 2 rings (SSSR count). The van der Waals surface area contributed by atoms with E-state index in [1.54, 1.807) is 27.7 Å². The van der Waals surface area contributed by atoms with Crippen LogP contribution in [0, 0.1) is 11.3 Å². The molecule has 0 bridgehead atoms. The molecule has 2 aliphatic rings. The molecule has 26 heavy (non-hydrogen) atoms. The molecule has 1 aliphatic heterocycles. The average Bonchev–Trinajstić information content (AvgIpc) is 2.68. The van der Waals surface area contributed by atoms with Crippen LogP contribution in [0.4, 0.5) is 13.2 Å². The summed E-state index contributed by atoms with van der Waals surface area (Å²) in [5, 5.41) is 1.86. The number of alkyl halides is 3. The van der Waals surface area contributed by atoms with Crippen molar-refractivity contribution < 1.29 is 27.6 Å². The van der Waals surface area contributed by atoms with Crippen molar-refractivity contribution in [1.29, 1.82) is 0 Å². The predicted molar refractivity (Wildman–Crippen MR) is 88.8 cm³/mol. The summed E-state index contributed by atoms with van der Waals surface area (Å²) in [6, 6.07) is 0. The van der Waals surface area contributed by atoms with Crippen LogP contribution >= 0.6 is 0 Å². The fourth-order valence-electron chi connectivity index (χ4n) is 3.68. The molecule has 1 N–H and O–H groups in total. The maximum atomic E-state index is 14.2. The molecule has 0 aromatic carbocycles. The first-order chi connectivity index (χ1) is 11.8. The number of carbonyl (C=O) groups excluding carboxylic acids is 3. The quantitative estimate of drug-likeness (QED) is 0.823. The number of rotatable bonds is 4. The van der Waals surface area contributed by atoms with Crippen LogP contribution in [0.5, 0.6) is 0 Å². The van der Waals surface area contributed by atoms with Crippen LogP contribution in [-0.4, -0.2) is 40.8 Å². The number of Topliss-reactive ketones (excluding diaryl/α,β-unsaturated/α-hetero) is 1. The number of carbonyl (C=O) groups is 3. The molecule has 0 fully saturated rings. The van der Waals surface area contributed by atoms with E-state index >= 15 is 0 Å². The van der Waals surface area contributed by atoms with Gasteiger partial charge in [-0.3, -0.25) is 14.4 Å². The Hall–Kier alpha value is -1.86. The second-order valence-electron chi connectivity index (χ2n) is 8.22. The van der Waals surface area contributed by atoms with Crippen molar-refractivity contribution in [1.82, 2.24) is 10.2 Å². The summed E-state index contributed by atoms with van der Waals surface area (Å²) in [7, 11) is 0. The molecule has 0 spiro atoms. The van der Waals surface area contributed by atoms with Crippen LogP contribution in [0.15, 0.2) is 11.3 Å². The number of nitrogens with one attached hydrogen (secondary N) is 1. The summed E-state index contributed by atoms with van der Waals surface area (Å²) in [5.74, 6) is -3.04. The van der Waals surface area contributed by atoms with Gasteiger partial charge in [0.05, 0.1) is 5.57 Å². The molecule has 0 aromatic heterocycles. The van der Waals surface area contributed by atoms with E-state index in [1.165, 1.54) is 6.92 Å². The van der Waals surface area contributed by atoms with Crippen molar-refractivity contribution in [2.45, 2.75) is 65.6 Å². The fraction of sp³-hybridized carbons (Fsp3) is 0.722. The summed E-state index contributed by atoms with van der Waals surface area (Å²) < 4.78 is 42.5. The summed E-state index contributed by atoms with van der Waals surface area (Å²) >= 11 is 0. The van der Waals surface area contributed by atoms with Gasteiger partial charge in [0.15, 0.2) is 5.78 Å². The summed E-state index contributed by atoms with van der Waals surface area (Å²) in [6.07, 6.45) is -5.27. The van der Waals surface area contributed by atoms with Crippen LogP contribution in [-0.2, 0) is 14.4 Å². The minimum atomic E-state index is -5.11. The fourth-order valence-corrected chi connectivity index (χ4v) is 3.68. The van der Waals surface area contributed by atoms with E-state index in [-0.39, 0.29) is 37.4 Å². The number of hydrogen-bond donors (Lipinski definition) is 1. The Morgan fingerprint density at radius 3 is 2.27 bits per heavy atom. The molecule has 8 heteroatoms. The van der Waals surface area contributed by atoms with Crippen LogP contribution in [0.1, 0.15) is 53.9 Å². The molecule has 2 amide bonds. The van der Waals surface area contributed by atoms with E-state index in [4.69, 9.17) is 0 Å². The lowest BCUT2D eigenvalue weighted by Gasteiger charge is -2.35. The molecule has 146 valence electrons. The Kier molecular flexibility index (Phi) is 5.02. The van der Waals surface area contributed by atoms with E-state index in [2.05, 4.69) is 0 Å². The van der Waals surface area contributed by atoms with Crippen molar-refractivity contribution in [3.8, 4) is 0 Å². The van der Waals surface area contributed by atoms with Gasteiger partial charge in [0.2, 0.25) is 11.4 Å². The molecule has 1 unspecified atom stereocenters. The number of amides is 2. The molecule has 0 radical (unpaired) electrons. The minimum absolute atomic E-state index is 0.0564. The van der Waals surface area contributed by atoms with Gasteiger partial charge in [-0.05, 0) is 17.8 Å². The van der Waals surface area contributed by atoms with Gasteiger partial charge in [0, 0.05) is 25.1 Å². The number of ketones is 1. The van der Waals surface area contributed by atoms with Crippen molar-refractivity contribution in [2.75, 3.05) is 6.54 Å². The molecule has 0 saturated carbocycles. The van der Waals surface area contributed by atoms with Crippen LogP contribution in [0.3, 0.4) is 0 Å². The second-order valence-corrected chi connectivity index (χ2v) is 8.22. The van der Waals surface area contributed by atoms with E-state index in [0.717, 1.165) is 4.90 Å². The standard InChI is InChI=1S/C18H25F3N2O3/c1-6-13(25)22-17(18(19,20)21)14-11(7-16(4,5)8-12(14)24)23(15(17)26)9-10(2)3/h10H,6-9H2,1-5H3,(H,22,25). The van der Waals surface area contributed by atoms with Crippen LogP contribution in [0.2, 0.25) is 0 Å². The van der Waals surface area contributed by atoms with Gasteiger partial charge in [-0.2, -0.15) is 13.2 Å². The molecule has 1 heterocycles. The maximum absolute atomic E-state index is 14.2. The zero-order valence-corrected chi connectivity index (χ0v) is 15.7. The highest BCUT2D eigenvalue weighted by Gasteiger charge is 2.71. The van der Waals surface area contributed by atoms with E-state index in [9.17, 15) is 27.6 Å². The van der Waals surface area contributed by atoms with Crippen molar-refractivity contribution in [3.63, 3.8) is 0 Å². The third-order valence-corrected chi connectivity index (χ3v) is 4.74. The summed E-state index contributed by atoms with van der Waals surface area (Å²) in [5.41, 5.74) is -4.34. The van der Waals surface area contributed by atoms with Gasteiger partial charge in [-0.1, -0.05) is 34.6 Å². The van der Waals surface area contributed by atoms with Crippen molar-refractivity contribution in [2.24, 2.45) is 11.3 Å². The second kappa shape index (κ2) is 6.39. The Labute approximate surface area is 151 Å². The SMILES string of the molecule is CCC(=O)NC1(C(F)(F)F)C(=O)N(CC(C)C)C2=C1C(=O)CC(C)(C)C2. The first-order valence-electron chi connectivity index (χ1n) is 8.73. The Bertz CT molecular complexity index is 680. The van der Waals surface area contributed by atoms with Gasteiger partial charge < -0.3 is 10.2 Å². The minimum Gasteiger partial charge on any atom is -0.330 e. The van der Waals surface area contributed by atoms with Crippen LogP contribution < -0.4 is 5.32 Å². The van der Waals surface area contributed by atoms with Gasteiger partial charge in [0.25, 0.3) is 5.91 Å². The largest absolute Gasteiger partial charge is 0.425 e. The lowest BCUT2D eigenvalue weighted by Crippen LogP contribution is -2.66. The molecule has 1 aliphatic carbocycles. The highest BCUT2D eigenvalue weighted by Crippen LogP contribution is 2.51. The average molecular weight is 374 g/mol. The number of halogens is 3. The zero-order chi connectivity index (χ0) is 20.1. The van der Waals surface area contributed by atoms with Crippen LogP contribution in [0.25, 0.3) is 0 Å². The Morgan fingerprint density at radius 1 is 1.23 bits per heavy atom. The summed E-state index contributed by atoms with van der Waals surface area (Å²) in [4.78, 5) is 38.6. The maximum Gasteiger partial charge on any atom is 0.425 e. The highest BCUT2D eigenvalue weighted by molar-refractivity contribution is 6.13. The number of hydrogen-bond acceptors (Lipinski definition) is 3. The Morgan fingerprint density at radius 2 is 1.81 bits per heavy atom. The van der Waals surface area contributed by atoms with Gasteiger partial charge >= 0.3 is 6.18 Å². The van der Waals surface area contributed by atoms with Crippen molar-refractivity contribution in [3.05, 3.63) is 11.3 Å². The molecule has 0 saturated heterocycles. The Balaban J connectivity index is 2.74. The third kappa shape index (κ3) is 3.14. The lowest BCUT2D eigenvalue weighted by molar-refractivity contribution is -0.194. The normalized spacial score (nSPS) is 25.8. The topological polar surface area (TPSA) is 66.5 Å². The van der Waals surface area contributed by atoms with E-state index < -0.39 is 40.3 Å². The molecule has 5 nitrogen and oxygen atoms in total. The highest BCUT2D eigenvalue weighted by atomic mass is 19.4. The molecule has 1 atom stereocenters. The first-order valence-corrected chi connectivity index (χ1v) is 8.73. The van der Waals surface area contributed by atoms with E-state index in [1.807, 2.05) is 5.32 Å². The number of nitrogens with zero attached hydrogens (tertiary/aromatic N) is 1. The van der Waals surface area contributed by atoms with Gasteiger partial charge in [-0.15, -0.1) is 0 Å². The van der Waals surface area contributed by atoms with Crippen molar-refractivity contribution >= 4 is 17.6 Å². The van der Waals surface area contributed by atoms with Gasteiger partial charge in [-0.25, -0.2) is 0 Å². The molecular weight excluding hydrogens is 349 g/mol. The monoisotopic (exact) mass is 374 g/mol. The number of allylic oxidation sites excluding steroid dienone is 1. The predicted octanol–water partition coefficient (Wildman–Crippen LogP) is 2.96. The smallest absolute Gasteiger partial charge is 0.330 e. The van der Waals surface area contributed by atoms with Gasteiger partial charge in [0.1, 0.15) is 0 Å². The lowest BCUT2D eigenvalue weighted by atomic mass is 9.72. The zero-order valence-electron chi connectivity index (χ0n) is 15.7.